The summed E-state index contributed by atoms with van der Waals surface area (Å²) in [6.45, 7) is 0. The lowest BCUT2D eigenvalue weighted by Crippen LogP contribution is -2.11. The van der Waals surface area contributed by atoms with E-state index >= 15 is 0 Å². The number of furan rings is 2. The van der Waals surface area contributed by atoms with Crippen molar-refractivity contribution < 1.29 is 8.83 Å². The molecule has 192 valence electrons. The Kier molecular flexibility index (Phi) is 4.61. The Morgan fingerprint density at radius 2 is 0.976 bits per heavy atom. The number of anilines is 3. The zero-order valence-corrected chi connectivity index (χ0v) is 22.0. The number of fused-ring (bicyclic) bond motifs is 9. The van der Waals surface area contributed by atoms with Crippen LogP contribution in [0.3, 0.4) is 0 Å². The van der Waals surface area contributed by atoms with Crippen molar-refractivity contribution in [3.63, 3.8) is 0 Å². The first-order chi connectivity index (χ1) is 20.3. The van der Waals surface area contributed by atoms with E-state index < -0.39 is 0 Å². The summed E-state index contributed by atoms with van der Waals surface area (Å²) in [7, 11) is 0. The molecule has 0 bridgehead atoms. The SMILES string of the molecule is c1ccc2c(c1)cc(N(c1ccc3oc4ccccc4c3c1)c1cccc3c1oc1ccccc13)c1ccccc12. The maximum absolute atomic E-state index is 6.59. The summed E-state index contributed by atoms with van der Waals surface area (Å²) >= 11 is 0. The molecule has 3 heteroatoms. The van der Waals surface area contributed by atoms with Crippen molar-refractivity contribution in [2.24, 2.45) is 0 Å². The van der Waals surface area contributed by atoms with Crippen molar-refractivity contribution in [2.45, 2.75) is 0 Å². The number of hydrogen-bond donors (Lipinski definition) is 0. The van der Waals surface area contributed by atoms with Crippen LogP contribution < -0.4 is 4.90 Å². The average molecular weight is 526 g/mol. The van der Waals surface area contributed by atoms with Gasteiger partial charge in [0.2, 0.25) is 0 Å². The molecule has 2 heterocycles. The van der Waals surface area contributed by atoms with Gasteiger partial charge in [-0.05, 0) is 58.6 Å². The molecule has 0 aliphatic carbocycles. The van der Waals surface area contributed by atoms with Gasteiger partial charge in [-0.2, -0.15) is 0 Å². The van der Waals surface area contributed by atoms with Crippen LogP contribution in [0, 0.1) is 0 Å². The summed E-state index contributed by atoms with van der Waals surface area (Å²) in [4.78, 5) is 2.35. The molecule has 0 unspecified atom stereocenters. The second-order valence-corrected chi connectivity index (χ2v) is 10.5. The lowest BCUT2D eigenvalue weighted by molar-refractivity contribution is 0.669. The highest BCUT2D eigenvalue weighted by molar-refractivity contribution is 6.17. The van der Waals surface area contributed by atoms with Gasteiger partial charge in [-0.15, -0.1) is 0 Å². The van der Waals surface area contributed by atoms with Gasteiger partial charge in [-0.1, -0.05) is 97.1 Å². The minimum absolute atomic E-state index is 0.864. The fourth-order valence-corrected chi connectivity index (χ4v) is 6.39. The van der Waals surface area contributed by atoms with Crippen LogP contribution in [0.25, 0.3) is 65.4 Å². The second kappa shape index (κ2) is 8.48. The molecule has 0 saturated heterocycles. The van der Waals surface area contributed by atoms with E-state index in [1.807, 2.05) is 24.3 Å². The standard InChI is InChI=1S/C38H23NO2/c1-2-11-26-24(10-1)22-34(28-13-4-3-12-27(26)28)39(25-20-21-37-32(23-25)30-15-6-7-18-35(30)40-37)33-17-9-16-31-29-14-5-8-19-36(29)41-38(31)33/h1-23H. The minimum Gasteiger partial charge on any atom is -0.456 e. The van der Waals surface area contributed by atoms with Crippen LogP contribution in [0.2, 0.25) is 0 Å². The Balaban J connectivity index is 1.42. The quantitative estimate of drug-likeness (QED) is 0.215. The van der Waals surface area contributed by atoms with Gasteiger partial charge in [-0.3, -0.25) is 0 Å². The Morgan fingerprint density at radius 3 is 1.80 bits per heavy atom. The summed E-state index contributed by atoms with van der Waals surface area (Å²) in [6, 6.07) is 49.0. The van der Waals surface area contributed by atoms with Crippen molar-refractivity contribution >= 4 is 82.5 Å². The normalized spacial score (nSPS) is 11.9. The Labute approximate surface area is 235 Å². The summed E-state index contributed by atoms with van der Waals surface area (Å²) in [6.07, 6.45) is 0. The molecular weight excluding hydrogens is 502 g/mol. The van der Waals surface area contributed by atoms with Crippen molar-refractivity contribution in [2.75, 3.05) is 4.90 Å². The van der Waals surface area contributed by atoms with E-state index in [4.69, 9.17) is 8.83 Å². The van der Waals surface area contributed by atoms with Crippen molar-refractivity contribution in [3.05, 3.63) is 140 Å². The van der Waals surface area contributed by atoms with Crippen LogP contribution in [0.5, 0.6) is 0 Å². The lowest BCUT2D eigenvalue weighted by Gasteiger charge is -2.27. The molecule has 0 amide bonds. The third kappa shape index (κ3) is 3.26. The van der Waals surface area contributed by atoms with Gasteiger partial charge < -0.3 is 13.7 Å². The number of para-hydroxylation sites is 3. The topological polar surface area (TPSA) is 29.5 Å². The Bertz CT molecular complexity index is 2450. The van der Waals surface area contributed by atoms with Crippen molar-refractivity contribution in [3.8, 4) is 0 Å². The zero-order chi connectivity index (χ0) is 26.9. The van der Waals surface area contributed by atoms with E-state index in [0.717, 1.165) is 60.9 Å². The smallest absolute Gasteiger partial charge is 0.159 e. The van der Waals surface area contributed by atoms with Gasteiger partial charge in [0.15, 0.2) is 5.58 Å². The van der Waals surface area contributed by atoms with E-state index in [0.29, 0.717) is 0 Å². The molecule has 41 heavy (non-hydrogen) atoms. The van der Waals surface area contributed by atoms with Gasteiger partial charge in [0.05, 0.1) is 11.4 Å². The number of nitrogens with zero attached hydrogens (tertiary/aromatic N) is 1. The van der Waals surface area contributed by atoms with Crippen LogP contribution >= 0.6 is 0 Å². The van der Waals surface area contributed by atoms with Gasteiger partial charge in [0.1, 0.15) is 16.7 Å². The van der Waals surface area contributed by atoms with Gasteiger partial charge in [0, 0.05) is 32.6 Å². The lowest BCUT2D eigenvalue weighted by atomic mass is 9.98. The summed E-state index contributed by atoms with van der Waals surface area (Å²) < 4.78 is 12.8. The molecule has 0 saturated carbocycles. The number of hydrogen-bond acceptors (Lipinski definition) is 3. The predicted octanol–water partition coefficient (Wildman–Crippen LogP) is 11.3. The Morgan fingerprint density at radius 1 is 0.366 bits per heavy atom. The average Bonchev–Trinajstić information content (AvgIpc) is 3.60. The summed E-state index contributed by atoms with van der Waals surface area (Å²) in [5, 5.41) is 9.24. The third-order valence-corrected chi connectivity index (χ3v) is 8.23. The maximum Gasteiger partial charge on any atom is 0.159 e. The van der Waals surface area contributed by atoms with Crippen molar-refractivity contribution in [1.82, 2.24) is 0 Å². The fourth-order valence-electron chi connectivity index (χ4n) is 6.39. The van der Waals surface area contributed by atoms with Crippen LogP contribution in [0.1, 0.15) is 0 Å². The molecule has 0 spiro atoms. The molecule has 0 atom stereocenters. The second-order valence-electron chi connectivity index (χ2n) is 10.5. The van der Waals surface area contributed by atoms with Crippen LogP contribution in [-0.2, 0) is 0 Å². The summed E-state index contributed by atoms with van der Waals surface area (Å²) in [5.41, 5.74) is 6.64. The van der Waals surface area contributed by atoms with Crippen LogP contribution in [0.4, 0.5) is 17.1 Å². The fraction of sp³-hybridized carbons (Fsp3) is 0. The largest absolute Gasteiger partial charge is 0.456 e. The predicted molar refractivity (Wildman–Crippen MR) is 171 cm³/mol. The highest BCUT2D eigenvalue weighted by atomic mass is 16.3. The van der Waals surface area contributed by atoms with Gasteiger partial charge in [0.25, 0.3) is 0 Å². The molecular formula is C38H23NO2. The molecule has 0 N–H and O–H groups in total. The third-order valence-electron chi connectivity index (χ3n) is 8.23. The molecule has 9 aromatic rings. The van der Waals surface area contributed by atoms with E-state index in [1.165, 1.54) is 21.5 Å². The van der Waals surface area contributed by atoms with Gasteiger partial charge >= 0.3 is 0 Å². The molecule has 0 aliphatic rings. The van der Waals surface area contributed by atoms with Crippen LogP contribution in [0.15, 0.2) is 148 Å². The molecule has 3 nitrogen and oxygen atoms in total. The first-order valence-corrected chi connectivity index (χ1v) is 13.9. The number of rotatable bonds is 3. The van der Waals surface area contributed by atoms with E-state index in [2.05, 4.69) is 120 Å². The number of benzene rings is 7. The summed E-state index contributed by atoms with van der Waals surface area (Å²) in [5.74, 6) is 0. The zero-order valence-electron chi connectivity index (χ0n) is 22.0. The molecule has 0 aliphatic heterocycles. The highest BCUT2D eigenvalue weighted by Gasteiger charge is 2.22. The van der Waals surface area contributed by atoms with E-state index in [9.17, 15) is 0 Å². The molecule has 2 aromatic heterocycles. The first kappa shape index (κ1) is 22.3. The molecule has 0 fully saturated rings. The minimum atomic E-state index is 0.864. The molecule has 7 aromatic carbocycles. The molecule has 0 radical (unpaired) electrons. The monoisotopic (exact) mass is 525 g/mol. The van der Waals surface area contributed by atoms with E-state index in [1.54, 1.807) is 0 Å². The Hall–Kier alpha value is -5.54. The van der Waals surface area contributed by atoms with E-state index in [-0.39, 0.29) is 0 Å². The molecule has 9 rings (SSSR count). The van der Waals surface area contributed by atoms with Crippen molar-refractivity contribution in [1.29, 1.82) is 0 Å². The maximum atomic E-state index is 6.59. The highest BCUT2D eigenvalue weighted by Crippen LogP contribution is 2.46. The van der Waals surface area contributed by atoms with Crippen LogP contribution in [-0.4, -0.2) is 0 Å². The first-order valence-electron chi connectivity index (χ1n) is 13.9. The van der Waals surface area contributed by atoms with Gasteiger partial charge in [-0.25, -0.2) is 0 Å².